The average Bonchev–Trinajstić information content (AvgIpc) is 3.22. The van der Waals surface area contributed by atoms with Crippen LogP contribution in [0.1, 0.15) is 28.8 Å². The largest absolute Gasteiger partial charge is 0.494 e. The first-order valence-corrected chi connectivity index (χ1v) is 12.4. The van der Waals surface area contributed by atoms with Crippen LogP contribution < -0.4 is 9.64 Å². The number of allylic oxidation sites excluding steroid dienone is 1. The molecule has 170 valence electrons. The molecule has 2 heterocycles. The number of carbonyl (C=O) groups is 2. The number of benzene rings is 2. The first-order chi connectivity index (χ1) is 16.1. The van der Waals surface area contributed by atoms with E-state index in [1.807, 2.05) is 40.5 Å². The van der Waals surface area contributed by atoms with Gasteiger partial charge in [-0.05, 0) is 60.9 Å². The number of ketones is 1. The van der Waals surface area contributed by atoms with Crippen LogP contribution in [0.5, 0.6) is 5.75 Å². The molecule has 6 heteroatoms. The van der Waals surface area contributed by atoms with E-state index < -0.39 is 0 Å². The molecule has 1 aliphatic heterocycles. The zero-order chi connectivity index (χ0) is 22.8. The zero-order valence-corrected chi connectivity index (χ0v) is 19.7. The molecule has 0 spiro atoms. The van der Waals surface area contributed by atoms with E-state index in [-0.39, 0.29) is 11.7 Å². The van der Waals surface area contributed by atoms with Crippen molar-refractivity contribution >= 4 is 44.9 Å². The fraction of sp³-hybridized carbons (Fsp3) is 0.333. The molecule has 5 nitrogen and oxygen atoms in total. The minimum Gasteiger partial charge on any atom is -0.494 e. The summed E-state index contributed by atoms with van der Waals surface area (Å²) in [5, 5.41) is 1.32. The highest BCUT2D eigenvalue weighted by Gasteiger charge is 2.22. The molecule has 0 atom stereocenters. The third kappa shape index (κ3) is 4.81. The molecule has 0 unspecified atom stereocenters. The Morgan fingerprint density at radius 1 is 1.06 bits per heavy atom. The molecule has 0 bridgehead atoms. The van der Waals surface area contributed by atoms with Crippen molar-refractivity contribution < 1.29 is 14.3 Å². The molecule has 1 aliphatic carbocycles. The van der Waals surface area contributed by atoms with Crippen molar-refractivity contribution in [1.82, 2.24) is 4.90 Å². The molecule has 0 radical (unpaired) electrons. The maximum atomic E-state index is 12.7. The molecule has 1 amide bonds. The molecule has 1 saturated heterocycles. The Bertz CT molecular complexity index is 1220. The van der Waals surface area contributed by atoms with Gasteiger partial charge in [0.25, 0.3) is 0 Å². The van der Waals surface area contributed by atoms with Crippen LogP contribution in [0, 0.1) is 6.92 Å². The number of ether oxygens (including phenoxy) is 1. The summed E-state index contributed by atoms with van der Waals surface area (Å²) in [6.07, 6.45) is 5.07. The Labute approximate surface area is 198 Å². The number of piperazine rings is 1. The lowest BCUT2D eigenvalue weighted by atomic mass is 9.96. The molecule has 1 aromatic heterocycles. The third-order valence-corrected chi connectivity index (χ3v) is 7.38. The number of hydrogen-bond donors (Lipinski definition) is 0. The number of aryl methyl sites for hydroxylation is 1. The van der Waals surface area contributed by atoms with E-state index in [4.69, 9.17) is 4.74 Å². The Morgan fingerprint density at radius 3 is 2.76 bits per heavy atom. The van der Waals surface area contributed by atoms with E-state index in [0.717, 1.165) is 43.1 Å². The van der Waals surface area contributed by atoms with E-state index in [0.29, 0.717) is 25.9 Å². The second kappa shape index (κ2) is 9.40. The maximum Gasteiger partial charge on any atom is 0.222 e. The summed E-state index contributed by atoms with van der Waals surface area (Å²) in [5.41, 5.74) is 3.35. The highest BCUT2D eigenvalue weighted by atomic mass is 32.1. The lowest BCUT2D eigenvalue weighted by molar-refractivity contribution is -0.131. The molecule has 3 aromatic rings. The normalized spacial score (nSPS) is 15.7. The number of rotatable bonds is 6. The predicted octanol–water partition coefficient (Wildman–Crippen LogP) is 4.86. The van der Waals surface area contributed by atoms with E-state index in [1.54, 1.807) is 6.08 Å². The summed E-state index contributed by atoms with van der Waals surface area (Å²) < 4.78 is 7.17. The second-order valence-corrected chi connectivity index (χ2v) is 9.99. The van der Waals surface area contributed by atoms with Gasteiger partial charge in [-0.3, -0.25) is 9.59 Å². The van der Waals surface area contributed by atoms with E-state index in [1.165, 1.54) is 20.7 Å². The topological polar surface area (TPSA) is 49.9 Å². The van der Waals surface area contributed by atoms with Gasteiger partial charge in [0.15, 0.2) is 5.78 Å². The summed E-state index contributed by atoms with van der Waals surface area (Å²) >= 11 is 1.83. The lowest BCUT2D eigenvalue weighted by Crippen LogP contribution is -2.48. The molecular formula is C27H28N2O3S. The van der Waals surface area contributed by atoms with Gasteiger partial charge in [-0.25, -0.2) is 0 Å². The van der Waals surface area contributed by atoms with Crippen molar-refractivity contribution in [1.29, 1.82) is 0 Å². The van der Waals surface area contributed by atoms with Crippen LogP contribution in [0.2, 0.25) is 0 Å². The second-order valence-electron chi connectivity index (χ2n) is 8.70. The van der Waals surface area contributed by atoms with Crippen molar-refractivity contribution in [2.45, 2.75) is 26.2 Å². The zero-order valence-electron chi connectivity index (χ0n) is 18.9. The van der Waals surface area contributed by atoms with Gasteiger partial charge in [0.2, 0.25) is 5.91 Å². The lowest BCUT2D eigenvalue weighted by Gasteiger charge is -2.36. The van der Waals surface area contributed by atoms with Gasteiger partial charge in [0, 0.05) is 59.7 Å². The quantitative estimate of drug-likeness (QED) is 0.493. The molecule has 5 rings (SSSR count). The van der Waals surface area contributed by atoms with Crippen molar-refractivity contribution in [2.24, 2.45) is 0 Å². The summed E-state index contributed by atoms with van der Waals surface area (Å²) in [5.74, 6) is 1.08. The number of carbonyl (C=O) groups excluding carboxylic acids is 2. The van der Waals surface area contributed by atoms with E-state index in [2.05, 4.69) is 36.1 Å². The molecule has 2 aromatic carbocycles. The monoisotopic (exact) mass is 460 g/mol. The fourth-order valence-corrected chi connectivity index (χ4v) is 5.58. The van der Waals surface area contributed by atoms with E-state index in [9.17, 15) is 9.59 Å². The predicted molar refractivity (Wildman–Crippen MR) is 134 cm³/mol. The highest BCUT2D eigenvalue weighted by Crippen LogP contribution is 2.33. The number of fused-ring (bicyclic) bond motifs is 2. The van der Waals surface area contributed by atoms with Crippen molar-refractivity contribution in [2.75, 3.05) is 37.7 Å². The molecule has 2 aliphatic rings. The Balaban J connectivity index is 1.09. The van der Waals surface area contributed by atoms with Gasteiger partial charge >= 0.3 is 0 Å². The SMILES string of the molecule is Cc1cc2c(N3CCN(C(=O)CCCOc4ccc5c(c4)CC(=O)C=C5)CC3)cccc2s1. The molecular weight excluding hydrogens is 432 g/mol. The standard InChI is InChI=1S/C27H28N2O3S/c1-19-16-24-25(4-2-5-26(24)33-19)28-11-13-29(14-12-28)27(31)6-3-15-32-23-10-8-20-7-9-22(30)17-21(20)18-23/h2,4-5,7-10,16,18H,3,6,11-15,17H2,1H3. The van der Waals surface area contributed by atoms with Crippen LogP contribution in [-0.4, -0.2) is 49.4 Å². The third-order valence-electron chi connectivity index (χ3n) is 6.37. The average molecular weight is 461 g/mol. The van der Waals surface area contributed by atoms with Crippen LogP contribution in [0.3, 0.4) is 0 Å². The van der Waals surface area contributed by atoms with Crippen molar-refractivity contribution in [3.63, 3.8) is 0 Å². The fourth-order valence-electron chi connectivity index (χ4n) is 4.63. The van der Waals surface area contributed by atoms with E-state index >= 15 is 0 Å². The highest BCUT2D eigenvalue weighted by molar-refractivity contribution is 7.19. The number of thiophene rings is 1. The van der Waals surface area contributed by atoms with Crippen LogP contribution in [0.15, 0.2) is 48.5 Å². The maximum absolute atomic E-state index is 12.7. The summed E-state index contributed by atoms with van der Waals surface area (Å²) in [7, 11) is 0. The summed E-state index contributed by atoms with van der Waals surface area (Å²) in [4.78, 5) is 30.0. The van der Waals surface area contributed by atoms with Gasteiger partial charge in [0.1, 0.15) is 5.75 Å². The number of hydrogen-bond acceptors (Lipinski definition) is 5. The molecule has 0 saturated carbocycles. The molecule has 1 fully saturated rings. The number of anilines is 1. The smallest absolute Gasteiger partial charge is 0.222 e. The van der Waals surface area contributed by atoms with Gasteiger partial charge in [-0.1, -0.05) is 18.2 Å². The Kier molecular flexibility index (Phi) is 6.18. The van der Waals surface area contributed by atoms with Crippen molar-refractivity contribution in [3.05, 3.63) is 64.5 Å². The van der Waals surface area contributed by atoms with Gasteiger partial charge < -0.3 is 14.5 Å². The molecule has 33 heavy (non-hydrogen) atoms. The number of nitrogens with zero attached hydrogens (tertiary/aromatic N) is 2. The van der Waals surface area contributed by atoms with Crippen molar-refractivity contribution in [3.8, 4) is 5.75 Å². The van der Waals surface area contributed by atoms with Crippen LogP contribution in [0.25, 0.3) is 16.2 Å². The Hall–Kier alpha value is -3.12. The first kappa shape index (κ1) is 21.7. The van der Waals surface area contributed by atoms with Gasteiger partial charge in [-0.2, -0.15) is 0 Å². The molecule has 0 N–H and O–H groups in total. The van der Waals surface area contributed by atoms with Crippen LogP contribution in [-0.2, 0) is 16.0 Å². The minimum atomic E-state index is 0.118. The van der Waals surface area contributed by atoms with Crippen LogP contribution in [0.4, 0.5) is 5.69 Å². The summed E-state index contributed by atoms with van der Waals surface area (Å²) in [6.45, 7) is 5.88. The van der Waals surface area contributed by atoms with Gasteiger partial charge in [-0.15, -0.1) is 11.3 Å². The van der Waals surface area contributed by atoms with Gasteiger partial charge in [0.05, 0.1) is 6.61 Å². The van der Waals surface area contributed by atoms with Crippen LogP contribution >= 0.6 is 11.3 Å². The Morgan fingerprint density at radius 2 is 1.91 bits per heavy atom. The minimum absolute atomic E-state index is 0.118. The number of amides is 1. The summed E-state index contributed by atoms with van der Waals surface area (Å²) in [6, 6.07) is 14.6. The first-order valence-electron chi connectivity index (χ1n) is 11.6.